The minimum absolute atomic E-state index is 0.222. The SMILES string of the molecule is O=C1[C@H](O)[C@@H](O)[C@H]2[C@H](OCc3ccccc3)CCCN12. The zero-order chi connectivity index (χ0) is 14.1. The summed E-state index contributed by atoms with van der Waals surface area (Å²) in [4.78, 5) is 13.4. The third-order valence-electron chi connectivity index (χ3n) is 4.14. The molecule has 4 atom stereocenters. The van der Waals surface area contributed by atoms with Crippen molar-refractivity contribution in [2.45, 2.75) is 43.8 Å². The molecule has 2 fully saturated rings. The molecule has 0 aromatic heterocycles. The molecule has 2 saturated heterocycles. The molecule has 2 aliphatic rings. The van der Waals surface area contributed by atoms with Gasteiger partial charge in [0.25, 0.3) is 5.91 Å². The Morgan fingerprint density at radius 1 is 1.25 bits per heavy atom. The Balaban J connectivity index is 1.69. The molecule has 0 aliphatic carbocycles. The highest BCUT2D eigenvalue weighted by molar-refractivity contribution is 5.84. The maximum atomic E-state index is 11.8. The van der Waals surface area contributed by atoms with E-state index in [-0.39, 0.29) is 12.0 Å². The minimum atomic E-state index is -1.30. The molecule has 5 nitrogen and oxygen atoms in total. The predicted molar refractivity (Wildman–Crippen MR) is 71.8 cm³/mol. The third-order valence-corrected chi connectivity index (χ3v) is 4.14. The van der Waals surface area contributed by atoms with Gasteiger partial charge in [-0.25, -0.2) is 0 Å². The van der Waals surface area contributed by atoms with Crippen molar-refractivity contribution in [2.24, 2.45) is 0 Å². The molecule has 5 heteroatoms. The zero-order valence-corrected chi connectivity index (χ0v) is 11.2. The Morgan fingerprint density at radius 2 is 2.00 bits per heavy atom. The maximum absolute atomic E-state index is 11.8. The first-order valence-corrected chi connectivity index (χ1v) is 7.00. The van der Waals surface area contributed by atoms with E-state index in [0.29, 0.717) is 13.2 Å². The Bertz CT molecular complexity index is 478. The number of aliphatic hydroxyl groups is 2. The van der Waals surface area contributed by atoms with Crippen LogP contribution in [0.4, 0.5) is 0 Å². The molecule has 0 spiro atoms. The Labute approximate surface area is 117 Å². The first-order chi connectivity index (χ1) is 9.68. The normalized spacial score (nSPS) is 33.3. The van der Waals surface area contributed by atoms with Crippen LogP contribution in [0.5, 0.6) is 0 Å². The fraction of sp³-hybridized carbons (Fsp3) is 0.533. The van der Waals surface area contributed by atoms with Crippen LogP contribution in [0.2, 0.25) is 0 Å². The van der Waals surface area contributed by atoms with E-state index in [4.69, 9.17) is 4.74 Å². The van der Waals surface area contributed by atoms with Crippen LogP contribution in [0.15, 0.2) is 30.3 Å². The molecule has 0 radical (unpaired) electrons. The number of carbonyl (C=O) groups excluding carboxylic acids is 1. The molecular weight excluding hydrogens is 258 g/mol. The van der Waals surface area contributed by atoms with Crippen molar-refractivity contribution in [2.75, 3.05) is 6.54 Å². The lowest BCUT2D eigenvalue weighted by molar-refractivity contribution is -0.139. The summed E-state index contributed by atoms with van der Waals surface area (Å²) in [7, 11) is 0. The van der Waals surface area contributed by atoms with Crippen LogP contribution in [0.1, 0.15) is 18.4 Å². The van der Waals surface area contributed by atoms with Gasteiger partial charge in [-0.05, 0) is 18.4 Å². The van der Waals surface area contributed by atoms with E-state index < -0.39 is 18.2 Å². The minimum Gasteiger partial charge on any atom is -0.388 e. The van der Waals surface area contributed by atoms with Gasteiger partial charge in [-0.2, -0.15) is 0 Å². The quantitative estimate of drug-likeness (QED) is 0.833. The van der Waals surface area contributed by atoms with E-state index in [1.54, 1.807) is 4.90 Å². The standard InChI is InChI=1S/C15H19NO4/c17-13-12-11(20-9-10-5-2-1-3-6-10)7-4-8-16(12)15(19)14(13)18/h1-3,5-6,11-14,17-18H,4,7-9H2/t11-,12-,13+,14-/m1/s1. The number of nitrogens with zero attached hydrogens (tertiary/aromatic N) is 1. The number of rotatable bonds is 3. The molecule has 0 bridgehead atoms. The summed E-state index contributed by atoms with van der Waals surface area (Å²) >= 11 is 0. The molecule has 20 heavy (non-hydrogen) atoms. The second-order valence-corrected chi connectivity index (χ2v) is 5.43. The molecule has 0 unspecified atom stereocenters. The molecule has 1 aromatic carbocycles. The largest absolute Gasteiger partial charge is 0.388 e. The van der Waals surface area contributed by atoms with Crippen LogP contribution >= 0.6 is 0 Å². The van der Waals surface area contributed by atoms with Gasteiger partial charge in [-0.15, -0.1) is 0 Å². The lowest BCUT2D eigenvalue weighted by atomic mass is 9.96. The Kier molecular flexibility index (Phi) is 3.74. The highest BCUT2D eigenvalue weighted by atomic mass is 16.5. The molecule has 108 valence electrons. The van der Waals surface area contributed by atoms with Gasteiger partial charge in [0.05, 0.1) is 18.8 Å². The van der Waals surface area contributed by atoms with Crippen LogP contribution in [-0.2, 0) is 16.1 Å². The van der Waals surface area contributed by atoms with Gasteiger partial charge >= 0.3 is 0 Å². The number of aliphatic hydroxyl groups excluding tert-OH is 2. The van der Waals surface area contributed by atoms with E-state index in [1.165, 1.54) is 0 Å². The third kappa shape index (κ3) is 2.32. The van der Waals surface area contributed by atoms with E-state index in [9.17, 15) is 15.0 Å². The van der Waals surface area contributed by atoms with Crippen molar-refractivity contribution in [1.29, 1.82) is 0 Å². The van der Waals surface area contributed by atoms with Gasteiger partial charge < -0.3 is 19.8 Å². The molecule has 1 amide bonds. The fourth-order valence-corrected chi connectivity index (χ4v) is 3.11. The van der Waals surface area contributed by atoms with Crippen LogP contribution < -0.4 is 0 Å². The molecule has 2 heterocycles. The topological polar surface area (TPSA) is 70.0 Å². The van der Waals surface area contributed by atoms with Gasteiger partial charge in [0, 0.05) is 6.54 Å². The van der Waals surface area contributed by atoms with Crippen molar-refractivity contribution in [3.05, 3.63) is 35.9 Å². The number of benzene rings is 1. The Hall–Kier alpha value is -1.43. The maximum Gasteiger partial charge on any atom is 0.254 e. The number of fused-ring (bicyclic) bond motifs is 1. The molecular formula is C15H19NO4. The second-order valence-electron chi connectivity index (χ2n) is 5.43. The summed E-state index contributed by atoms with van der Waals surface area (Å²) in [5.74, 6) is -0.379. The van der Waals surface area contributed by atoms with Crippen molar-refractivity contribution in [3.63, 3.8) is 0 Å². The first kappa shape index (κ1) is 13.5. The van der Waals surface area contributed by atoms with E-state index >= 15 is 0 Å². The lowest BCUT2D eigenvalue weighted by Crippen LogP contribution is -2.50. The van der Waals surface area contributed by atoms with Gasteiger partial charge in [-0.3, -0.25) is 4.79 Å². The van der Waals surface area contributed by atoms with Crippen LogP contribution in [0.3, 0.4) is 0 Å². The summed E-state index contributed by atoms with van der Waals surface area (Å²) < 4.78 is 5.88. The van der Waals surface area contributed by atoms with Gasteiger partial charge in [0.15, 0.2) is 6.10 Å². The fourth-order valence-electron chi connectivity index (χ4n) is 3.11. The average molecular weight is 277 g/mol. The van der Waals surface area contributed by atoms with Gasteiger partial charge in [0.1, 0.15) is 6.10 Å². The van der Waals surface area contributed by atoms with E-state index in [1.807, 2.05) is 30.3 Å². The summed E-state index contributed by atoms with van der Waals surface area (Å²) in [5, 5.41) is 19.7. The monoisotopic (exact) mass is 277 g/mol. The number of carbonyl (C=O) groups is 1. The highest BCUT2D eigenvalue weighted by Crippen LogP contribution is 2.31. The van der Waals surface area contributed by atoms with E-state index in [2.05, 4.69) is 0 Å². The molecule has 2 aliphatic heterocycles. The van der Waals surface area contributed by atoms with Crippen LogP contribution in [-0.4, -0.2) is 51.9 Å². The molecule has 1 aromatic rings. The van der Waals surface area contributed by atoms with Crippen LogP contribution in [0, 0.1) is 0 Å². The number of hydrogen-bond donors (Lipinski definition) is 2. The second kappa shape index (κ2) is 5.52. The number of piperidine rings is 1. The summed E-state index contributed by atoms with van der Waals surface area (Å²) in [6, 6.07) is 9.38. The van der Waals surface area contributed by atoms with Crippen molar-refractivity contribution in [1.82, 2.24) is 4.90 Å². The summed E-state index contributed by atoms with van der Waals surface area (Å²) in [6.45, 7) is 1.04. The number of amides is 1. The molecule has 3 rings (SSSR count). The smallest absolute Gasteiger partial charge is 0.254 e. The average Bonchev–Trinajstić information content (AvgIpc) is 2.72. The predicted octanol–water partition coefficient (Wildman–Crippen LogP) is 0.298. The molecule has 2 N–H and O–H groups in total. The molecule has 0 saturated carbocycles. The van der Waals surface area contributed by atoms with Gasteiger partial charge in [-0.1, -0.05) is 30.3 Å². The van der Waals surface area contributed by atoms with Crippen molar-refractivity contribution in [3.8, 4) is 0 Å². The van der Waals surface area contributed by atoms with Crippen molar-refractivity contribution >= 4 is 5.91 Å². The number of hydrogen-bond acceptors (Lipinski definition) is 4. The van der Waals surface area contributed by atoms with E-state index in [0.717, 1.165) is 18.4 Å². The van der Waals surface area contributed by atoms with Crippen molar-refractivity contribution < 1.29 is 19.7 Å². The van der Waals surface area contributed by atoms with Gasteiger partial charge in [0.2, 0.25) is 0 Å². The van der Waals surface area contributed by atoms with Crippen LogP contribution in [0.25, 0.3) is 0 Å². The summed E-state index contributed by atoms with van der Waals surface area (Å²) in [5.41, 5.74) is 1.06. The lowest BCUT2D eigenvalue weighted by Gasteiger charge is -2.37. The summed E-state index contributed by atoms with van der Waals surface area (Å²) in [6.07, 6.45) is -0.948. The zero-order valence-electron chi connectivity index (χ0n) is 11.2. The first-order valence-electron chi connectivity index (χ1n) is 7.00. The number of ether oxygens (including phenoxy) is 1. The highest BCUT2D eigenvalue weighted by Gasteiger charge is 2.51. The Morgan fingerprint density at radius 3 is 2.75 bits per heavy atom.